The SMILES string of the molecule is O=C1c2ccccc2C(Cl)(Cl)c2c(OP(=O)(Cl)Cl)cccc21. The molecule has 0 heterocycles. The lowest BCUT2D eigenvalue weighted by Gasteiger charge is -2.31. The van der Waals surface area contributed by atoms with Crippen LogP contribution in [0.4, 0.5) is 0 Å². The molecule has 0 N–H and O–H groups in total. The van der Waals surface area contributed by atoms with E-state index in [9.17, 15) is 9.36 Å². The molecular formula is C14H7Cl4O3P. The number of benzene rings is 2. The Morgan fingerprint density at radius 2 is 1.59 bits per heavy atom. The molecule has 0 radical (unpaired) electrons. The van der Waals surface area contributed by atoms with E-state index in [4.69, 9.17) is 50.2 Å². The first-order chi connectivity index (χ1) is 10.2. The predicted molar refractivity (Wildman–Crippen MR) is 88.7 cm³/mol. The minimum absolute atomic E-state index is 0.0127. The lowest BCUT2D eigenvalue weighted by molar-refractivity contribution is 0.103. The highest BCUT2D eigenvalue weighted by molar-refractivity contribution is 8.05. The Balaban J connectivity index is 2.29. The molecule has 0 atom stereocenters. The van der Waals surface area contributed by atoms with Crippen LogP contribution in [0.2, 0.25) is 0 Å². The van der Waals surface area contributed by atoms with E-state index in [1.54, 1.807) is 36.4 Å². The lowest BCUT2D eigenvalue weighted by Crippen LogP contribution is -2.27. The van der Waals surface area contributed by atoms with Gasteiger partial charge in [0, 0.05) is 44.7 Å². The van der Waals surface area contributed by atoms with Gasteiger partial charge < -0.3 is 4.52 Å². The molecule has 1 aliphatic rings. The Bertz CT molecular complexity index is 829. The van der Waals surface area contributed by atoms with Gasteiger partial charge in [-0.3, -0.25) is 4.79 Å². The zero-order chi connectivity index (χ0) is 16.1. The van der Waals surface area contributed by atoms with Crippen molar-refractivity contribution in [3.8, 4) is 5.75 Å². The third kappa shape index (κ3) is 2.66. The van der Waals surface area contributed by atoms with Crippen molar-refractivity contribution in [3.05, 3.63) is 64.7 Å². The summed E-state index contributed by atoms with van der Waals surface area (Å²) in [6.07, 6.45) is -3.88. The van der Waals surface area contributed by atoms with Gasteiger partial charge in [0.25, 0.3) is 0 Å². The van der Waals surface area contributed by atoms with Crippen LogP contribution < -0.4 is 4.52 Å². The van der Waals surface area contributed by atoms with Crippen molar-refractivity contribution in [1.82, 2.24) is 0 Å². The molecule has 0 amide bonds. The summed E-state index contributed by atoms with van der Waals surface area (Å²) >= 11 is 23.9. The van der Waals surface area contributed by atoms with Crippen LogP contribution in [0.25, 0.3) is 0 Å². The van der Waals surface area contributed by atoms with E-state index in [2.05, 4.69) is 0 Å². The van der Waals surface area contributed by atoms with Crippen LogP contribution in [0.15, 0.2) is 42.5 Å². The Hall–Kier alpha value is -0.700. The molecule has 0 unspecified atom stereocenters. The fraction of sp³-hybridized carbons (Fsp3) is 0.0714. The molecule has 0 aliphatic heterocycles. The highest BCUT2D eigenvalue weighted by Gasteiger charge is 2.43. The third-order valence-corrected chi connectivity index (χ3v) is 4.91. The summed E-state index contributed by atoms with van der Waals surface area (Å²) in [6.45, 7) is 0. The van der Waals surface area contributed by atoms with Gasteiger partial charge in [-0.25, -0.2) is 4.57 Å². The van der Waals surface area contributed by atoms with E-state index in [1.807, 2.05) is 0 Å². The summed E-state index contributed by atoms with van der Waals surface area (Å²) in [6, 6.07) is 11.3. The minimum atomic E-state index is -3.88. The molecule has 3 rings (SSSR count). The third-order valence-electron chi connectivity index (χ3n) is 3.30. The largest absolute Gasteiger partial charge is 0.428 e. The molecular weight excluding hydrogens is 389 g/mol. The summed E-state index contributed by atoms with van der Waals surface area (Å²) < 4.78 is 15.1. The second kappa shape index (κ2) is 5.43. The second-order valence-corrected chi connectivity index (χ2v) is 10.2. The van der Waals surface area contributed by atoms with Crippen molar-refractivity contribution in [2.45, 2.75) is 4.33 Å². The summed E-state index contributed by atoms with van der Waals surface area (Å²) in [5.74, 6) is -0.245. The molecule has 2 aromatic rings. The van der Waals surface area contributed by atoms with Crippen LogP contribution in [0, 0.1) is 0 Å². The molecule has 3 nitrogen and oxygen atoms in total. The molecule has 0 aromatic heterocycles. The maximum Gasteiger partial charge on any atom is 0.428 e. The molecule has 0 bridgehead atoms. The predicted octanol–water partition coefficient (Wildman–Crippen LogP) is 5.87. The first kappa shape index (κ1) is 16.2. The average Bonchev–Trinajstić information content (AvgIpc) is 2.43. The Morgan fingerprint density at radius 3 is 2.27 bits per heavy atom. The number of hydrogen-bond donors (Lipinski definition) is 0. The molecule has 114 valence electrons. The molecule has 0 saturated carbocycles. The van der Waals surface area contributed by atoms with Gasteiger partial charge in [0.1, 0.15) is 5.75 Å². The van der Waals surface area contributed by atoms with Gasteiger partial charge in [-0.15, -0.1) is 0 Å². The van der Waals surface area contributed by atoms with E-state index in [1.165, 1.54) is 6.07 Å². The fourth-order valence-electron chi connectivity index (χ4n) is 2.47. The maximum absolute atomic E-state index is 12.6. The van der Waals surface area contributed by atoms with Crippen molar-refractivity contribution >= 4 is 57.5 Å². The summed E-state index contributed by atoms with van der Waals surface area (Å²) in [7, 11) is 0. The normalized spacial score (nSPS) is 15.9. The highest BCUT2D eigenvalue weighted by atomic mass is 35.9. The minimum Gasteiger partial charge on any atom is -0.422 e. The summed E-state index contributed by atoms with van der Waals surface area (Å²) in [5.41, 5.74) is 1.26. The monoisotopic (exact) mass is 394 g/mol. The summed E-state index contributed by atoms with van der Waals surface area (Å²) in [4.78, 5) is 12.6. The number of ketones is 1. The van der Waals surface area contributed by atoms with E-state index in [0.29, 0.717) is 11.1 Å². The first-order valence-electron chi connectivity index (χ1n) is 6.06. The topological polar surface area (TPSA) is 43.4 Å². The number of hydrogen-bond acceptors (Lipinski definition) is 3. The smallest absolute Gasteiger partial charge is 0.422 e. The van der Waals surface area contributed by atoms with Gasteiger partial charge in [-0.05, 0) is 6.07 Å². The average molecular weight is 396 g/mol. The number of alkyl halides is 2. The van der Waals surface area contributed by atoms with Crippen LogP contribution >= 0.6 is 51.8 Å². The van der Waals surface area contributed by atoms with Gasteiger partial charge in [-0.1, -0.05) is 59.6 Å². The Labute approximate surface area is 146 Å². The van der Waals surface area contributed by atoms with Gasteiger partial charge in [0.2, 0.25) is 0 Å². The van der Waals surface area contributed by atoms with E-state index in [0.717, 1.165) is 0 Å². The molecule has 1 aliphatic carbocycles. The van der Waals surface area contributed by atoms with Crippen molar-refractivity contribution in [2.75, 3.05) is 0 Å². The standard InChI is InChI=1S/C14H7Cl4O3P/c15-14(16)10-6-2-1-4-8(10)13(19)9-5-3-7-11(12(9)14)21-22(17,18)20/h1-7H. The second-order valence-electron chi connectivity index (χ2n) is 4.63. The van der Waals surface area contributed by atoms with E-state index in [-0.39, 0.29) is 22.7 Å². The van der Waals surface area contributed by atoms with Crippen molar-refractivity contribution in [1.29, 1.82) is 0 Å². The number of halogens is 4. The lowest BCUT2D eigenvalue weighted by atomic mass is 9.84. The van der Waals surface area contributed by atoms with Crippen LogP contribution in [0.1, 0.15) is 27.0 Å². The maximum atomic E-state index is 12.6. The first-order valence-corrected chi connectivity index (χ1v) is 10.3. The zero-order valence-electron chi connectivity index (χ0n) is 10.7. The van der Waals surface area contributed by atoms with Gasteiger partial charge in [0.15, 0.2) is 10.1 Å². The van der Waals surface area contributed by atoms with Crippen LogP contribution in [0.3, 0.4) is 0 Å². The van der Waals surface area contributed by atoms with Gasteiger partial charge in [-0.2, -0.15) is 0 Å². The fourth-order valence-corrected chi connectivity index (χ4v) is 4.02. The zero-order valence-corrected chi connectivity index (χ0v) is 14.6. The van der Waals surface area contributed by atoms with Crippen LogP contribution in [-0.2, 0) is 8.90 Å². The van der Waals surface area contributed by atoms with Crippen LogP contribution in [-0.4, -0.2) is 5.78 Å². The summed E-state index contributed by atoms with van der Waals surface area (Å²) in [5, 5.41) is 0. The number of carbonyl (C=O) groups is 1. The number of fused-ring (bicyclic) bond motifs is 2. The van der Waals surface area contributed by atoms with Crippen molar-refractivity contribution in [2.24, 2.45) is 0 Å². The van der Waals surface area contributed by atoms with E-state index < -0.39 is 10.4 Å². The number of carbonyl (C=O) groups excluding carboxylic acids is 1. The molecule has 0 fully saturated rings. The van der Waals surface area contributed by atoms with Gasteiger partial charge in [0.05, 0.1) is 0 Å². The molecule has 0 saturated heterocycles. The Morgan fingerprint density at radius 1 is 0.955 bits per heavy atom. The molecule has 0 spiro atoms. The number of rotatable bonds is 2. The quantitative estimate of drug-likeness (QED) is 0.471. The highest BCUT2D eigenvalue weighted by Crippen LogP contribution is 2.60. The van der Waals surface area contributed by atoms with Crippen molar-refractivity contribution in [3.63, 3.8) is 0 Å². The molecule has 8 heteroatoms. The molecule has 22 heavy (non-hydrogen) atoms. The van der Waals surface area contributed by atoms with Crippen LogP contribution in [0.5, 0.6) is 5.75 Å². The molecule has 2 aromatic carbocycles. The van der Waals surface area contributed by atoms with Crippen molar-refractivity contribution < 1.29 is 13.9 Å². The van der Waals surface area contributed by atoms with Gasteiger partial charge >= 0.3 is 6.07 Å². The van der Waals surface area contributed by atoms with E-state index >= 15 is 0 Å². The Kier molecular flexibility index (Phi) is 3.99.